The molecule has 1 aromatic heterocycles. The average Bonchev–Trinajstić information content (AvgIpc) is 2.90. The van der Waals surface area contributed by atoms with E-state index in [-0.39, 0.29) is 19.4 Å². The van der Waals surface area contributed by atoms with Gasteiger partial charge in [0, 0.05) is 11.1 Å². The lowest BCUT2D eigenvalue weighted by molar-refractivity contribution is -0.168. The molecule has 1 aromatic carbocycles. The number of aliphatic carboxylic acids is 1. The topological polar surface area (TPSA) is 63.6 Å². The SMILES string of the molecule is C=CCC(Cc1csc2ccccc12)(C(=O)O)C(=O)OCC. The van der Waals surface area contributed by atoms with Gasteiger partial charge in [0.25, 0.3) is 0 Å². The van der Waals surface area contributed by atoms with Crippen molar-refractivity contribution >= 4 is 33.4 Å². The molecule has 1 N–H and O–H groups in total. The summed E-state index contributed by atoms with van der Waals surface area (Å²) >= 11 is 1.54. The molecular weight excluding hydrogens is 300 g/mol. The second kappa shape index (κ2) is 6.75. The zero-order chi connectivity index (χ0) is 16.2. The third-order valence-corrected chi connectivity index (χ3v) is 4.63. The van der Waals surface area contributed by atoms with Crippen LogP contribution >= 0.6 is 11.3 Å². The number of fused-ring (bicyclic) bond motifs is 1. The summed E-state index contributed by atoms with van der Waals surface area (Å²) in [7, 11) is 0. The van der Waals surface area contributed by atoms with Gasteiger partial charge in [-0.2, -0.15) is 0 Å². The standard InChI is InChI=1S/C17H18O4S/c1-3-9-17(15(18)19,16(20)21-4-2)10-12-11-22-14-8-6-5-7-13(12)14/h3,5-8,11H,1,4,9-10H2,2H3,(H,18,19). The number of carbonyl (C=O) groups excluding carboxylic acids is 1. The second-order valence-corrected chi connectivity index (χ2v) is 5.95. The molecule has 0 amide bonds. The van der Waals surface area contributed by atoms with Crippen LogP contribution in [0, 0.1) is 5.41 Å². The Morgan fingerprint density at radius 3 is 2.77 bits per heavy atom. The summed E-state index contributed by atoms with van der Waals surface area (Å²) in [5.74, 6) is -1.89. The molecule has 0 aliphatic heterocycles. The molecule has 0 spiro atoms. The number of carbonyl (C=O) groups is 2. The predicted octanol–water partition coefficient (Wildman–Crippen LogP) is 3.65. The normalized spacial score (nSPS) is 13.5. The Balaban J connectivity index is 2.47. The lowest BCUT2D eigenvalue weighted by atomic mass is 9.78. The molecule has 116 valence electrons. The number of thiophene rings is 1. The third kappa shape index (κ3) is 2.90. The van der Waals surface area contributed by atoms with E-state index in [2.05, 4.69) is 6.58 Å². The molecule has 0 fully saturated rings. The fourth-order valence-corrected chi connectivity index (χ4v) is 3.45. The van der Waals surface area contributed by atoms with Crippen molar-refractivity contribution in [2.45, 2.75) is 19.8 Å². The van der Waals surface area contributed by atoms with E-state index in [0.29, 0.717) is 0 Å². The van der Waals surface area contributed by atoms with Gasteiger partial charge in [-0.25, -0.2) is 0 Å². The molecular formula is C17H18O4S. The van der Waals surface area contributed by atoms with Gasteiger partial charge in [-0.3, -0.25) is 9.59 Å². The van der Waals surface area contributed by atoms with Gasteiger partial charge >= 0.3 is 11.9 Å². The van der Waals surface area contributed by atoms with Crippen LogP contribution in [0.3, 0.4) is 0 Å². The fourth-order valence-electron chi connectivity index (χ4n) is 2.49. The maximum absolute atomic E-state index is 12.3. The molecule has 0 aliphatic rings. The molecule has 0 aliphatic carbocycles. The minimum Gasteiger partial charge on any atom is -0.480 e. The lowest BCUT2D eigenvalue weighted by Crippen LogP contribution is -2.42. The van der Waals surface area contributed by atoms with E-state index >= 15 is 0 Å². The first-order chi connectivity index (χ1) is 10.5. The van der Waals surface area contributed by atoms with Crippen LogP contribution in [0.25, 0.3) is 10.1 Å². The lowest BCUT2D eigenvalue weighted by Gasteiger charge is -2.25. The van der Waals surface area contributed by atoms with Gasteiger partial charge in [-0.1, -0.05) is 24.3 Å². The maximum atomic E-state index is 12.3. The zero-order valence-electron chi connectivity index (χ0n) is 12.4. The van der Waals surface area contributed by atoms with Crippen LogP contribution in [-0.4, -0.2) is 23.7 Å². The van der Waals surface area contributed by atoms with Crippen LogP contribution in [0.4, 0.5) is 0 Å². The molecule has 5 heteroatoms. The van der Waals surface area contributed by atoms with Crippen LogP contribution in [0.15, 0.2) is 42.3 Å². The Kier molecular flexibility index (Phi) is 4.98. The van der Waals surface area contributed by atoms with E-state index in [1.165, 1.54) is 17.4 Å². The Morgan fingerprint density at radius 2 is 2.14 bits per heavy atom. The van der Waals surface area contributed by atoms with E-state index < -0.39 is 17.4 Å². The summed E-state index contributed by atoms with van der Waals surface area (Å²) in [6.45, 7) is 5.41. The van der Waals surface area contributed by atoms with Gasteiger partial charge in [0.05, 0.1) is 6.61 Å². The van der Waals surface area contributed by atoms with Crippen molar-refractivity contribution in [2.75, 3.05) is 6.61 Å². The van der Waals surface area contributed by atoms with Crippen molar-refractivity contribution in [1.82, 2.24) is 0 Å². The van der Waals surface area contributed by atoms with Crippen molar-refractivity contribution in [1.29, 1.82) is 0 Å². The van der Waals surface area contributed by atoms with E-state index in [1.807, 2.05) is 29.6 Å². The van der Waals surface area contributed by atoms with Crippen molar-refractivity contribution < 1.29 is 19.4 Å². The van der Waals surface area contributed by atoms with Gasteiger partial charge < -0.3 is 9.84 Å². The molecule has 2 aromatic rings. The average molecular weight is 318 g/mol. The highest BCUT2D eigenvalue weighted by Crippen LogP contribution is 2.35. The van der Waals surface area contributed by atoms with Crippen molar-refractivity contribution in [3.05, 3.63) is 47.9 Å². The Morgan fingerprint density at radius 1 is 1.41 bits per heavy atom. The molecule has 0 saturated carbocycles. The van der Waals surface area contributed by atoms with Crippen LogP contribution in [-0.2, 0) is 20.7 Å². The number of carboxylic acids is 1. The smallest absolute Gasteiger partial charge is 0.324 e. The van der Waals surface area contributed by atoms with Crippen LogP contribution in [0.1, 0.15) is 18.9 Å². The highest BCUT2D eigenvalue weighted by Gasteiger charge is 2.47. The van der Waals surface area contributed by atoms with Gasteiger partial charge in [0.15, 0.2) is 5.41 Å². The third-order valence-electron chi connectivity index (χ3n) is 3.62. The second-order valence-electron chi connectivity index (χ2n) is 5.03. The Bertz CT molecular complexity index is 704. The molecule has 0 saturated heterocycles. The maximum Gasteiger partial charge on any atom is 0.324 e. The molecule has 2 rings (SSSR count). The largest absolute Gasteiger partial charge is 0.480 e. The van der Waals surface area contributed by atoms with Crippen molar-refractivity contribution in [3.63, 3.8) is 0 Å². The number of benzene rings is 1. The number of allylic oxidation sites excluding steroid dienone is 1. The minimum atomic E-state index is -1.62. The predicted molar refractivity (Wildman–Crippen MR) is 87.0 cm³/mol. The molecule has 4 nitrogen and oxygen atoms in total. The molecule has 0 bridgehead atoms. The first-order valence-corrected chi connectivity index (χ1v) is 7.89. The number of ether oxygens (including phenoxy) is 1. The zero-order valence-corrected chi connectivity index (χ0v) is 13.2. The van der Waals surface area contributed by atoms with Crippen LogP contribution < -0.4 is 0 Å². The number of hydrogen-bond acceptors (Lipinski definition) is 4. The molecule has 22 heavy (non-hydrogen) atoms. The quantitative estimate of drug-likeness (QED) is 0.481. The summed E-state index contributed by atoms with van der Waals surface area (Å²) in [5, 5.41) is 12.6. The Labute approximate surface area is 133 Å². The summed E-state index contributed by atoms with van der Waals surface area (Å²) in [6.07, 6.45) is 1.59. The highest BCUT2D eigenvalue weighted by atomic mass is 32.1. The fraction of sp³-hybridized carbons (Fsp3) is 0.294. The van der Waals surface area contributed by atoms with Gasteiger partial charge in [0.1, 0.15) is 0 Å². The molecule has 1 unspecified atom stereocenters. The van der Waals surface area contributed by atoms with Crippen LogP contribution in [0.2, 0.25) is 0 Å². The number of rotatable bonds is 7. The van der Waals surface area contributed by atoms with E-state index in [1.54, 1.807) is 6.92 Å². The minimum absolute atomic E-state index is 0.0331. The highest BCUT2D eigenvalue weighted by molar-refractivity contribution is 7.17. The number of hydrogen-bond donors (Lipinski definition) is 1. The molecule has 1 heterocycles. The van der Waals surface area contributed by atoms with E-state index in [0.717, 1.165) is 15.6 Å². The Hall–Kier alpha value is -2.14. The summed E-state index contributed by atoms with van der Waals surface area (Å²) in [5.41, 5.74) is -0.778. The number of esters is 1. The molecule has 0 radical (unpaired) electrons. The summed E-state index contributed by atoms with van der Waals surface area (Å²) in [4.78, 5) is 24.2. The monoisotopic (exact) mass is 318 g/mol. The van der Waals surface area contributed by atoms with Crippen molar-refractivity contribution in [3.8, 4) is 0 Å². The van der Waals surface area contributed by atoms with Gasteiger partial charge in [0.2, 0.25) is 0 Å². The van der Waals surface area contributed by atoms with Gasteiger partial charge in [-0.05, 0) is 35.7 Å². The first kappa shape index (κ1) is 16.2. The van der Waals surface area contributed by atoms with Gasteiger partial charge in [-0.15, -0.1) is 17.9 Å². The first-order valence-electron chi connectivity index (χ1n) is 7.01. The molecule has 1 atom stereocenters. The van der Waals surface area contributed by atoms with Crippen molar-refractivity contribution in [2.24, 2.45) is 5.41 Å². The number of carboxylic acid groups (broad SMARTS) is 1. The van der Waals surface area contributed by atoms with E-state index in [9.17, 15) is 14.7 Å². The summed E-state index contributed by atoms with van der Waals surface area (Å²) in [6, 6.07) is 7.75. The van der Waals surface area contributed by atoms with E-state index in [4.69, 9.17) is 4.74 Å². The van der Waals surface area contributed by atoms with Crippen LogP contribution in [0.5, 0.6) is 0 Å². The summed E-state index contributed by atoms with van der Waals surface area (Å²) < 4.78 is 6.09.